The SMILES string of the molecule is CC(C)[C@@H]1OCCC[C@H]1Nc1cc(N2CCC[C@H](OCCO)C2)ncn1. The summed E-state index contributed by atoms with van der Waals surface area (Å²) in [6, 6.07) is 2.31. The number of aromatic nitrogens is 2. The van der Waals surface area contributed by atoms with Crippen LogP contribution in [0, 0.1) is 5.92 Å². The van der Waals surface area contributed by atoms with Crippen LogP contribution in [0.3, 0.4) is 0 Å². The number of aliphatic hydroxyl groups is 1. The monoisotopic (exact) mass is 364 g/mol. The average molecular weight is 364 g/mol. The van der Waals surface area contributed by atoms with Gasteiger partial charge in [0.1, 0.15) is 18.0 Å². The van der Waals surface area contributed by atoms with Crippen molar-refractivity contribution in [2.45, 2.75) is 57.8 Å². The Morgan fingerprint density at radius 2 is 2.23 bits per heavy atom. The van der Waals surface area contributed by atoms with Crippen LogP contribution in [-0.2, 0) is 9.47 Å². The Bertz CT molecular complexity index is 557. The lowest BCUT2D eigenvalue weighted by Gasteiger charge is -2.36. The topological polar surface area (TPSA) is 79.7 Å². The molecule has 2 saturated heterocycles. The van der Waals surface area contributed by atoms with E-state index >= 15 is 0 Å². The van der Waals surface area contributed by atoms with Crippen LogP contribution in [0.1, 0.15) is 39.5 Å². The van der Waals surface area contributed by atoms with E-state index in [1.807, 2.05) is 6.07 Å². The molecular formula is C19H32N4O3. The van der Waals surface area contributed by atoms with Crippen LogP contribution in [0.15, 0.2) is 12.4 Å². The van der Waals surface area contributed by atoms with Gasteiger partial charge in [0.25, 0.3) is 0 Å². The fourth-order valence-electron chi connectivity index (χ4n) is 3.91. The van der Waals surface area contributed by atoms with Crippen molar-refractivity contribution in [1.29, 1.82) is 0 Å². The van der Waals surface area contributed by atoms with Crippen molar-refractivity contribution >= 4 is 11.6 Å². The Morgan fingerprint density at radius 3 is 3.04 bits per heavy atom. The van der Waals surface area contributed by atoms with Crippen LogP contribution < -0.4 is 10.2 Å². The van der Waals surface area contributed by atoms with E-state index in [1.165, 1.54) is 0 Å². The minimum absolute atomic E-state index is 0.0680. The molecule has 2 aliphatic rings. The number of ether oxygens (including phenoxy) is 2. The molecule has 0 spiro atoms. The van der Waals surface area contributed by atoms with Gasteiger partial charge in [-0.15, -0.1) is 0 Å². The predicted molar refractivity (Wildman–Crippen MR) is 102 cm³/mol. The number of hydrogen-bond donors (Lipinski definition) is 2. The first kappa shape index (κ1) is 19.3. The number of nitrogens with zero attached hydrogens (tertiary/aromatic N) is 3. The number of aliphatic hydroxyl groups excluding tert-OH is 1. The molecule has 0 saturated carbocycles. The molecule has 146 valence electrons. The zero-order valence-electron chi connectivity index (χ0n) is 15.9. The Labute approximate surface area is 156 Å². The summed E-state index contributed by atoms with van der Waals surface area (Å²) in [6.45, 7) is 7.49. The first-order chi connectivity index (χ1) is 12.7. The zero-order valence-corrected chi connectivity index (χ0v) is 15.9. The molecule has 1 aromatic heterocycles. The quantitative estimate of drug-likeness (QED) is 0.767. The van der Waals surface area contributed by atoms with Gasteiger partial charge in [0.15, 0.2) is 0 Å². The highest BCUT2D eigenvalue weighted by Gasteiger charge is 2.29. The summed E-state index contributed by atoms with van der Waals surface area (Å²) < 4.78 is 11.7. The van der Waals surface area contributed by atoms with Crippen LogP contribution in [-0.4, -0.2) is 66.2 Å². The summed E-state index contributed by atoms with van der Waals surface area (Å²) >= 11 is 0. The van der Waals surface area contributed by atoms with Gasteiger partial charge in [0, 0.05) is 25.8 Å². The molecule has 2 fully saturated rings. The molecular weight excluding hydrogens is 332 g/mol. The van der Waals surface area contributed by atoms with E-state index in [9.17, 15) is 0 Å². The molecule has 7 heteroatoms. The van der Waals surface area contributed by atoms with E-state index in [0.717, 1.165) is 57.0 Å². The van der Waals surface area contributed by atoms with Crippen molar-refractivity contribution < 1.29 is 14.6 Å². The predicted octanol–water partition coefficient (Wildman–Crippen LogP) is 2.07. The van der Waals surface area contributed by atoms with Crippen molar-refractivity contribution in [2.75, 3.05) is 43.1 Å². The maximum Gasteiger partial charge on any atom is 0.134 e. The lowest BCUT2D eigenvalue weighted by molar-refractivity contribution is -0.0203. The van der Waals surface area contributed by atoms with Gasteiger partial charge in [-0.05, 0) is 31.6 Å². The van der Waals surface area contributed by atoms with Gasteiger partial charge in [-0.25, -0.2) is 9.97 Å². The van der Waals surface area contributed by atoms with Crippen LogP contribution >= 0.6 is 0 Å². The third-order valence-electron chi connectivity index (χ3n) is 5.16. The second-order valence-corrected chi connectivity index (χ2v) is 7.54. The van der Waals surface area contributed by atoms with E-state index in [0.29, 0.717) is 12.5 Å². The summed E-state index contributed by atoms with van der Waals surface area (Å²) in [5.74, 6) is 2.26. The molecule has 0 radical (unpaired) electrons. The van der Waals surface area contributed by atoms with Gasteiger partial charge in [0.2, 0.25) is 0 Å². The summed E-state index contributed by atoms with van der Waals surface area (Å²) in [6.07, 6.45) is 6.27. The van der Waals surface area contributed by atoms with E-state index in [2.05, 4.69) is 34.0 Å². The number of hydrogen-bond acceptors (Lipinski definition) is 7. The number of anilines is 2. The van der Waals surface area contributed by atoms with Crippen molar-refractivity contribution in [3.63, 3.8) is 0 Å². The normalized spacial score (nSPS) is 26.9. The molecule has 26 heavy (non-hydrogen) atoms. The molecule has 3 rings (SSSR count). The van der Waals surface area contributed by atoms with E-state index < -0.39 is 0 Å². The molecule has 2 N–H and O–H groups in total. The van der Waals surface area contributed by atoms with Crippen molar-refractivity contribution in [3.05, 3.63) is 12.4 Å². The van der Waals surface area contributed by atoms with Gasteiger partial charge in [-0.1, -0.05) is 13.8 Å². The lowest BCUT2D eigenvalue weighted by Crippen LogP contribution is -2.43. The van der Waals surface area contributed by atoms with Gasteiger partial charge in [-0.3, -0.25) is 0 Å². The fraction of sp³-hybridized carbons (Fsp3) is 0.789. The molecule has 3 atom stereocenters. The standard InChI is InChI=1S/C19H32N4O3/c1-14(2)19-16(6-4-9-26-19)22-17-11-18(21-13-20-17)23-7-3-5-15(12-23)25-10-8-24/h11,13-16,19,24H,3-10,12H2,1-2H3,(H,20,21,22)/t15-,16+,19-/m0/s1. The highest BCUT2D eigenvalue weighted by Crippen LogP contribution is 2.25. The molecule has 2 aliphatic heterocycles. The lowest BCUT2D eigenvalue weighted by atomic mass is 9.93. The Morgan fingerprint density at radius 1 is 1.35 bits per heavy atom. The smallest absolute Gasteiger partial charge is 0.134 e. The van der Waals surface area contributed by atoms with E-state index in [-0.39, 0.29) is 24.9 Å². The van der Waals surface area contributed by atoms with Gasteiger partial charge in [0.05, 0.1) is 31.5 Å². The molecule has 1 aromatic rings. The Hall–Kier alpha value is -1.44. The number of nitrogens with one attached hydrogen (secondary N) is 1. The van der Waals surface area contributed by atoms with Crippen LogP contribution in [0.5, 0.6) is 0 Å². The second kappa shape index (κ2) is 9.48. The molecule has 3 heterocycles. The second-order valence-electron chi connectivity index (χ2n) is 7.54. The highest BCUT2D eigenvalue weighted by atomic mass is 16.5. The molecule has 0 aromatic carbocycles. The summed E-state index contributed by atoms with van der Waals surface area (Å²) in [7, 11) is 0. The molecule has 0 unspecified atom stereocenters. The van der Waals surface area contributed by atoms with Gasteiger partial charge >= 0.3 is 0 Å². The van der Waals surface area contributed by atoms with Crippen molar-refractivity contribution in [2.24, 2.45) is 5.92 Å². The van der Waals surface area contributed by atoms with Gasteiger partial charge in [-0.2, -0.15) is 0 Å². The number of rotatable bonds is 7. The molecule has 0 aliphatic carbocycles. The Balaban J connectivity index is 1.64. The maximum absolute atomic E-state index is 8.95. The van der Waals surface area contributed by atoms with Crippen molar-refractivity contribution in [3.8, 4) is 0 Å². The first-order valence-electron chi connectivity index (χ1n) is 9.85. The van der Waals surface area contributed by atoms with E-state index in [1.54, 1.807) is 6.33 Å². The number of piperidine rings is 1. The van der Waals surface area contributed by atoms with Gasteiger partial charge < -0.3 is 24.8 Å². The highest BCUT2D eigenvalue weighted by molar-refractivity contribution is 5.49. The third kappa shape index (κ3) is 5.05. The Kier molecular flexibility index (Phi) is 7.05. The van der Waals surface area contributed by atoms with Crippen LogP contribution in [0.4, 0.5) is 11.6 Å². The first-order valence-corrected chi connectivity index (χ1v) is 9.85. The zero-order chi connectivity index (χ0) is 18.4. The summed E-state index contributed by atoms with van der Waals surface area (Å²) in [5, 5.41) is 12.5. The molecule has 0 amide bonds. The van der Waals surface area contributed by atoms with Crippen molar-refractivity contribution in [1.82, 2.24) is 9.97 Å². The minimum atomic E-state index is 0.0680. The molecule has 7 nitrogen and oxygen atoms in total. The maximum atomic E-state index is 8.95. The summed E-state index contributed by atoms with van der Waals surface area (Å²) in [5.41, 5.74) is 0. The average Bonchev–Trinajstić information content (AvgIpc) is 2.67. The summed E-state index contributed by atoms with van der Waals surface area (Å²) in [4.78, 5) is 11.1. The van der Waals surface area contributed by atoms with Crippen LogP contribution in [0.25, 0.3) is 0 Å². The largest absolute Gasteiger partial charge is 0.394 e. The third-order valence-corrected chi connectivity index (χ3v) is 5.16. The minimum Gasteiger partial charge on any atom is -0.394 e. The fourth-order valence-corrected chi connectivity index (χ4v) is 3.91. The van der Waals surface area contributed by atoms with Crippen LogP contribution in [0.2, 0.25) is 0 Å². The molecule has 0 bridgehead atoms. The van der Waals surface area contributed by atoms with E-state index in [4.69, 9.17) is 14.6 Å².